The minimum Gasteiger partial charge on any atom is -0.370 e. The summed E-state index contributed by atoms with van der Waals surface area (Å²) >= 11 is 0. The Labute approximate surface area is 207 Å². The Hall–Kier alpha value is -3.71. The summed E-state index contributed by atoms with van der Waals surface area (Å²) in [6.07, 6.45) is 0.954. The first-order valence-corrected chi connectivity index (χ1v) is 11.9. The molecule has 13 heteroatoms. The van der Waals surface area contributed by atoms with E-state index in [9.17, 15) is 24.6 Å². The summed E-state index contributed by atoms with van der Waals surface area (Å²) in [7, 11) is 0. The number of aliphatic hydroxyl groups is 2. The first kappa shape index (κ1) is 24.0. The van der Waals surface area contributed by atoms with Gasteiger partial charge in [0.25, 0.3) is 5.91 Å². The fraction of sp³-hybridized carbons (Fsp3) is 0.522. The van der Waals surface area contributed by atoms with Gasteiger partial charge in [0.15, 0.2) is 17.6 Å². The minimum atomic E-state index is -2.61. The molecule has 192 valence electrons. The van der Waals surface area contributed by atoms with Gasteiger partial charge < -0.3 is 37.2 Å². The summed E-state index contributed by atoms with van der Waals surface area (Å²) in [6, 6.07) is 2.30. The van der Waals surface area contributed by atoms with Crippen molar-refractivity contribution in [2.24, 2.45) is 21.5 Å². The second-order valence-corrected chi connectivity index (χ2v) is 9.61. The number of hydrogen-bond donors (Lipinski definition) is 6. The van der Waals surface area contributed by atoms with Crippen LogP contribution in [0.15, 0.2) is 28.2 Å². The average Bonchev–Trinajstić information content (AvgIpc) is 3.42. The number of benzene rings is 1. The Morgan fingerprint density at radius 3 is 2.58 bits per heavy atom. The maximum absolute atomic E-state index is 13.2. The maximum Gasteiger partial charge on any atom is 0.252 e. The normalized spacial score (nSPS) is 30.5. The van der Waals surface area contributed by atoms with Crippen LogP contribution >= 0.6 is 0 Å². The van der Waals surface area contributed by atoms with Gasteiger partial charge in [-0.1, -0.05) is 19.1 Å². The lowest BCUT2D eigenvalue weighted by molar-refractivity contribution is -0.230. The molecule has 4 aliphatic rings. The van der Waals surface area contributed by atoms with Crippen molar-refractivity contribution in [2.45, 2.75) is 62.7 Å². The van der Waals surface area contributed by atoms with E-state index >= 15 is 0 Å². The van der Waals surface area contributed by atoms with Crippen molar-refractivity contribution in [2.75, 3.05) is 13.1 Å². The number of amides is 3. The molecule has 2 fully saturated rings. The first-order valence-electron chi connectivity index (χ1n) is 11.9. The lowest BCUT2D eigenvalue weighted by atomic mass is 9.84. The highest BCUT2D eigenvalue weighted by atomic mass is 16.5. The van der Waals surface area contributed by atoms with Crippen molar-refractivity contribution < 1.29 is 24.6 Å². The van der Waals surface area contributed by atoms with Gasteiger partial charge in [-0.3, -0.25) is 19.3 Å². The van der Waals surface area contributed by atoms with Crippen LogP contribution in [0.2, 0.25) is 0 Å². The molecule has 3 amide bonds. The molecule has 8 N–H and O–H groups in total. The summed E-state index contributed by atoms with van der Waals surface area (Å²) < 4.78 is 0. The first-order chi connectivity index (χ1) is 17.0. The lowest BCUT2D eigenvalue weighted by Gasteiger charge is -2.49. The molecule has 0 bridgehead atoms. The van der Waals surface area contributed by atoms with Crippen LogP contribution in [0, 0.1) is 6.92 Å². The molecular weight excluding hydrogens is 468 g/mol. The number of guanidine groups is 2. The number of nitrogens with zero attached hydrogens (tertiary/aromatic N) is 4. The molecule has 0 radical (unpaired) electrons. The van der Waals surface area contributed by atoms with Gasteiger partial charge in [0, 0.05) is 24.9 Å². The van der Waals surface area contributed by atoms with Crippen molar-refractivity contribution in [3.8, 4) is 0 Å². The van der Waals surface area contributed by atoms with Crippen molar-refractivity contribution in [1.29, 1.82) is 0 Å². The van der Waals surface area contributed by atoms with Gasteiger partial charge >= 0.3 is 0 Å². The summed E-state index contributed by atoms with van der Waals surface area (Å²) in [5, 5.41) is 28.7. The van der Waals surface area contributed by atoms with Gasteiger partial charge in [-0.25, -0.2) is 9.98 Å². The van der Waals surface area contributed by atoms with E-state index in [2.05, 4.69) is 20.6 Å². The van der Waals surface area contributed by atoms with Gasteiger partial charge in [0.05, 0.1) is 12.6 Å². The minimum absolute atomic E-state index is 0.0545. The van der Waals surface area contributed by atoms with E-state index in [1.54, 1.807) is 12.1 Å². The van der Waals surface area contributed by atoms with E-state index in [-0.39, 0.29) is 49.7 Å². The number of likely N-dealkylation sites (tertiary alicyclic amines) is 1. The number of rotatable bonds is 5. The van der Waals surface area contributed by atoms with Crippen LogP contribution in [0.5, 0.6) is 0 Å². The van der Waals surface area contributed by atoms with E-state index < -0.39 is 35.5 Å². The number of nitrogens with one attached hydrogen (secondary N) is 2. The summed E-state index contributed by atoms with van der Waals surface area (Å²) in [6.45, 7) is 3.60. The smallest absolute Gasteiger partial charge is 0.252 e. The summed E-state index contributed by atoms with van der Waals surface area (Å²) in [4.78, 5) is 49.0. The van der Waals surface area contributed by atoms with E-state index in [4.69, 9.17) is 11.5 Å². The third kappa shape index (κ3) is 3.26. The Kier molecular flexibility index (Phi) is 5.45. The van der Waals surface area contributed by atoms with Crippen molar-refractivity contribution >= 4 is 29.6 Å². The molecule has 13 nitrogen and oxygen atoms in total. The Morgan fingerprint density at radius 2 is 1.92 bits per heavy atom. The number of hydrogen-bond acceptors (Lipinski definition) is 11. The molecule has 5 rings (SSSR count). The zero-order valence-electron chi connectivity index (χ0n) is 20.1. The molecule has 2 saturated heterocycles. The molecule has 36 heavy (non-hydrogen) atoms. The fourth-order valence-corrected chi connectivity index (χ4v) is 5.80. The molecule has 0 aliphatic carbocycles. The number of aryl methyl sites for hydroxylation is 1. The largest absolute Gasteiger partial charge is 0.370 e. The van der Waals surface area contributed by atoms with E-state index in [1.807, 2.05) is 19.9 Å². The molecule has 4 heterocycles. The van der Waals surface area contributed by atoms with E-state index in [0.717, 1.165) is 22.4 Å². The average molecular weight is 499 g/mol. The predicted molar refractivity (Wildman–Crippen MR) is 128 cm³/mol. The number of carbonyl (C=O) groups is 3. The van der Waals surface area contributed by atoms with Crippen molar-refractivity contribution in [1.82, 2.24) is 20.4 Å². The number of carbonyl (C=O) groups excluding carboxylic acids is 3. The van der Waals surface area contributed by atoms with Crippen LogP contribution in [0.1, 0.15) is 41.3 Å². The van der Waals surface area contributed by atoms with Crippen LogP contribution in [0.25, 0.3) is 0 Å². The van der Waals surface area contributed by atoms with Gasteiger partial charge in [-0.05, 0) is 30.5 Å². The van der Waals surface area contributed by atoms with Crippen LogP contribution in [0.3, 0.4) is 0 Å². The van der Waals surface area contributed by atoms with Crippen LogP contribution < -0.4 is 22.1 Å². The molecule has 4 atom stereocenters. The number of imide groups is 1. The number of nitrogens with two attached hydrogens (primary N) is 2. The van der Waals surface area contributed by atoms with Gasteiger partial charge in [0.2, 0.25) is 17.6 Å². The van der Waals surface area contributed by atoms with E-state index in [0.29, 0.717) is 5.56 Å². The Balaban J connectivity index is 1.47. The SMILES string of the molecule is CCc1cccc(C(=O)NC2CN3C(N)=N[C@@H](CN4C(=O)CCC4=O)C4N=C(N)NC43C2(O)O)c1C. The standard InChI is InChI=1S/C23H30N8O5/c1-3-12-5-4-6-13(11(12)2)19(34)27-15-10-31-21(25)26-14(9-30-16(32)7-8-17(30)33)18-22(31,23(15,35)36)29-20(24)28-18/h4-6,14-15,18,35-36H,3,7-10H2,1-2H3,(H2,25,26)(H,27,34)(H3,24,28,29)/t14-,15?,18?,22?/m0/s1. The highest BCUT2D eigenvalue weighted by molar-refractivity contribution is 6.02. The summed E-state index contributed by atoms with van der Waals surface area (Å²) in [5.74, 6) is -3.89. The van der Waals surface area contributed by atoms with Crippen LogP contribution in [0.4, 0.5) is 0 Å². The zero-order valence-corrected chi connectivity index (χ0v) is 20.1. The molecular formula is C23H30N8O5. The van der Waals surface area contributed by atoms with Crippen LogP contribution in [-0.2, 0) is 16.0 Å². The van der Waals surface area contributed by atoms with Gasteiger partial charge in [0.1, 0.15) is 12.1 Å². The third-order valence-corrected chi connectivity index (χ3v) is 7.70. The molecule has 4 aliphatic heterocycles. The number of aliphatic imine (C=N–C) groups is 2. The van der Waals surface area contributed by atoms with Crippen molar-refractivity contribution in [3.63, 3.8) is 0 Å². The second kappa shape index (κ2) is 8.17. The van der Waals surface area contributed by atoms with Crippen LogP contribution in [-0.4, -0.2) is 92.3 Å². The lowest BCUT2D eigenvalue weighted by Crippen LogP contribution is -2.78. The predicted octanol–water partition coefficient (Wildman–Crippen LogP) is -2.52. The highest BCUT2D eigenvalue weighted by Crippen LogP contribution is 2.45. The third-order valence-electron chi connectivity index (χ3n) is 7.70. The molecule has 1 aromatic rings. The monoisotopic (exact) mass is 498 g/mol. The Morgan fingerprint density at radius 1 is 1.22 bits per heavy atom. The van der Waals surface area contributed by atoms with Crippen molar-refractivity contribution in [3.05, 3.63) is 34.9 Å². The maximum atomic E-state index is 13.2. The highest BCUT2D eigenvalue weighted by Gasteiger charge is 2.73. The molecule has 0 aromatic heterocycles. The molecule has 1 spiro atoms. The van der Waals surface area contributed by atoms with Gasteiger partial charge in [-0.15, -0.1) is 0 Å². The summed E-state index contributed by atoms with van der Waals surface area (Å²) in [5.41, 5.74) is 12.7. The Bertz CT molecular complexity index is 1200. The van der Waals surface area contributed by atoms with E-state index in [1.165, 1.54) is 4.90 Å². The fourth-order valence-electron chi connectivity index (χ4n) is 5.80. The van der Waals surface area contributed by atoms with Gasteiger partial charge in [-0.2, -0.15) is 0 Å². The quantitative estimate of drug-likeness (QED) is 0.187. The molecule has 3 unspecified atom stereocenters. The topological polar surface area (TPSA) is 199 Å². The second-order valence-electron chi connectivity index (χ2n) is 9.61. The molecule has 0 saturated carbocycles. The zero-order chi connectivity index (χ0) is 26.0. The molecule has 1 aromatic carbocycles.